The van der Waals surface area contributed by atoms with Crippen molar-refractivity contribution >= 4 is 17.3 Å². The summed E-state index contributed by atoms with van der Waals surface area (Å²) in [6.07, 6.45) is 2.51. The van der Waals surface area contributed by atoms with Crippen LogP contribution in [0.15, 0.2) is 18.2 Å². The van der Waals surface area contributed by atoms with Gasteiger partial charge in [-0.3, -0.25) is 9.69 Å². The van der Waals surface area contributed by atoms with Gasteiger partial charge in [0.2, 0.25) is 0 Å². The molecule has 1 atom stereocenters. The van der Waals surface area contributed by atoms with Gasteiger partial charge in [0.05, 0.1) is 0 Å². The van der Waals surface area contributed by atoms with Crippen molar-refractivity contribution in [3.63, 3.8) is 0 Å². The molecule has 1 aliphatic rings. The molecule has 2 rings (SSSR count). The van der Waals surface area contributed by atoms with Gasteiger partial charge in [-0.25, -0.2) is 0 Å². The highest BCUT2D eigenvalue weighted by atomic mass is 16.1. The van der Waals surface area contributed by atoms with E-state index < -0.39 is 0 Å². The van der Waals surface area contributed by atoms with E-state index in [9.17, 15) is 4.79 Å². The van der Waals surface area contributed by atoms with Crippen molar-refractivity contribution in [3.05, 3.63) is 23.8 Å². The van der Waals surface area contributed by atoms with Crippen LogP contribution in [-0.2, 0) is 0 Å². The van der Waals surface area contributed by atoms with Gasteiger partial charge in [-0.15, -0.1) is 0 Å². The van der Waals surface area contributed by atoms with Crippen LogP contribution < -0.4 is 16.8 Å². The van der Waals surface area contributed by atoms with Crippen LogP contribution in [0.5, 0.6) is 0 Å². The van der Waals surface area contributed by atoms with Gasteiger partial charge >= 0.3 is 0 Å². The molecule has 0 aliphatic carbocycles. The van der Waals surface area contributed by atoms with Gasteiger partial charge in [-0.05, 0) is 51.1 Å². The maximum Gasteiger partial charge on any atom is 0.251 e. The zero-order chi connectivity index (χ0) is 13.8. The van der Waals surface area contributed by atoms with Gasteiger partial charge < -0.3 is 16.8 Å². The molecule has 19 heavy (non-hydrogen) atoms. The molecule has 1 fully saturated rings. The molecule has 1 unspecified atom stereocenters. The van der Waals surface area contributed by atoms with E-state index in [1.54, 1.807) is 18.2 Å². The summed E-state index contributed by atoms with van der Waals surface area (Å²) in [5, 5.41) is 2.94. The molecule has 0 radical (unpaired) electrons. The Bertz CT molecular complexity index is 435. The minimum Gasteiger partial charge on any atom is -0.399 e. The second kappa shape index (κ2) is 5.93. The molecule has 1 aliphatic heterocycles. The SMILES string of the molecule is CC(CNC(=O)c1cc(N)cc(N)c1)N1CCCC1. The summed E-state index contributed by atoms with van der Waals surface area (Å²) in [6.45, 7) is 5.04. The summed E-state index contributed by atoms with van der Waals surface area (Å²) in [7, 11) is 0. The number of nitrogens with zero attached hydrogens (tertiary/aromatic N) is 1. The first-order valence-electron chi connectivity index (χ1n) is 6.74. The summed E-state index contributed by atoms with van der Waals surface area (Å²) >= 11 is 0. The lowest BCUT2D eigenvalue weighted by Crippen LogP contribution is -2.40. The van der Waals surface area contributed by atoms with E-state index in [0.717, 1.165) is 13.1 Å². The Hall–Kier alpha value is -1.75. The third-order valence-electron chi connectivity index (χ3n) is 3.56. The van der Waals surface area contributed by atoms with E-state index in [2.05, 4.69) is 17.1 Å². The molecule has 0 spiro atoms. The summed E-state index contributed by atoms with van der Waals surface area (Å²) in [6, 6.07) is 5.30. The average molecular weight is 262 g/mol. The second-order valence-corrected chi connectivity index (χ2v) is 5.19. The van der Waals surface area contributed by atoms with E-state index >= 15 is 0 Å². The largest absolute Gasteiger partial charge is 0.399 e. The number of rotatable bonds is 4. The third-order valence-corrected chi connectivity index (χ3v) is 3.56. The lowest BCUT2D eigenvalue weighted by molar-refractivity contribution is 0.0940. The quantitative estimate of drug-likeness (QED) is 0.709. The number of benzene rings is 1. The number of nitrogens with two attached hydrogens (primary N) is 2. The first-order valence-corrected chi connectivity index (χ1v) is 6.74. The van der Waals surface area contributed by atoms with Gasteiger partial charge in [0.1, 0.15) is 0 Å². The van der Waals surface area contributed by atoms with Gasteiger partial charge in [0.15, 0.2) is 0 Å². The standard InChI is InChI=1S/C14H22N4O/c1-10(18-4-2-3-5-18)9-17-14(19)11-6-12(15)8-13(16)7-11/h6-8,10H,2-5,9,15-16H2,1H3,(H,17,19). The molecule has 5 heteroatoms. The van der Waals surface area contributed by atoms with Crippen molar-refractivity contribution in [2.24, 2.45) is 0 Å². The Kier molecular flexibility index (Phi) is 4.27. The highest BCUT2D eigenvalue weighted by molar-refractivity contribution is 5.96. The Balaban J connectivity index is 1.89. The first kappa shape index (κ1) is 13.7. The minimum atomic E-state index is -0.120. The monoisotopic (exact) mass is 262 g/mol. The fraction of sp³-hybridized carbons (Fsp3) is 0.500. The molecule has 0 saturated carbocycles. The molecule has 1 aromatic carbocycles. The molecule has 1 saturated heterocycles. The van der Waals surface area contributed by atoms with Crippen molar-refractivity contribution in [2.75, 3.05) is 31.1 Å². The van der Waals surface area contributed by atoms with Gasteiger partial charge in [0, 0.05) is 29.5 Å². The molecular formula is C14H22N4O. The molecule has 5 N–H and O–H groups in total. The minimum absolute atomic E-state index is 0.120. The van der Waals surface area contributed by atoms with Crippen LogP contribution in [0.2, 0.25) is 0 Å². The topological polar surface area (TPSA) is 84.4 Å². The maximum absolute atomic E-state index is 12.0. The Labute approximate surface area is 113 Å². The van der Waals surface area contributed by atoms with Crippen molar-refractivity contribution in [1.29, 1.82) is 0 Å². The number of hydrogen-bond donors (Lipinski definition) is 3. The number of carbonyl (C=O) groups excluding carboxylic acids is 1. The molecule has 1 amide bonds. The van der Waals surface area contributed by atoms with E-state index in [-0.39, 0.29) is 5.91 Å². The number of nitrogens with one attached hydrogen (secondary N) is 1. The van der Waals surface area contributed by atoms with Crippen LogP contribution in [0.1, 0.15) is 30.1 Å². The predicted octanol–water partition coefficient (Wildman–Crippen LogP) is 1.07. The fourth-order valence-corrected chi connectivity index (χ4v) is 2.46. The summed E-state index contributed by atoms with van der Waals surface area (Å²) in [5.41, 5.74) is 12.9. The summed E-state index contributed by atoms with van der Waals surface area (Å²) in [5.74, 6) is -0.120. The highest BCUT2D eigenvalue weighted by Crippen LogP contribution is 2.14. The van der Waals surface area contributed by atoms with Crippen LogP contribution in [-0.4, -0.2) is 36.5 Å². The number of hydrogen-bond acceptors (Lipinski definition) is 4. The molecular weight excluding hydrogens is 240 g/mol. The Morgan fingerprint density at radius 1 is 1.26 bits per heavy atom. The zero-order valence-electron chi connectivity index (χ0n) is 11.4. The van der Waals surface area contributed by atoms with Crippen LogP contribution in [0, 0.1) is 0 Å². The number of nitrogen functional groups attached to an aromatic ring is 2. The van der Waals surface area contributed by atoms with Gasteiger partial charge in [0.25, 0.3) is 5.91 Å². The number of carbonyl (C=O) groups is 1. The lowest BCUT2D eigenvalue weighted by atomic mass is 10.1. The smallest absolute Gasteiger partial charge is 0.251 e. The van der Waals surface area contributed by atoms with Crippen molar-refractivity contribution in [2.45, 2.75) is 25.8 Å². The number of amides is 1. The molecule has 104 valence electrons. The van der Waals surface area contributed by atoms with Crippen LogP contribution in [0.25, 0.3) is 0 Å². The predicted molar refractivity (Wildman–Crippen MR) is 77.9 cm³/mol. The molecule has 1 heterocycles. The van der Waals surface area contributed by atoms with Gasteiger partial charge in [-0.2, -0.15) is 0 Å². The fourth-order valence-electron chi connectivity index (χ4n) is 2.46. The molecule has 5 nitrogen and oxygen atoms in total. The highest BCUT2D eigenvalue weighted by Gasteiger charge is 2.18. The van der Waals surface area contributed by atoms with Crippen molar-refractivity contribution in [3.8, 4) is 0 Å². The zero-order valence-corrected chi connectivity index (χ0v) is 11.4. The second-order valence-electron chi connectivity index (χ2n) is 5.19. The summed E-state index contributed by atoms with van der Waals surface area (Å²) in [4.78, 5) is 14.4. The number of likely N-dealkylation sites (tertiary alicyclic amines) is 1. The normalized spacial score (nSPS) is 17.3. The van der Waals surface area contributed by atoms with E-state index in [1.165, 1.54) is 12.8 Å². The lowest BCUT2D eigenvalue weighted by Gasteiger charge is -2.23. The Morgan fingerprint density at radius 3 is 2.42 bits per heavy atom. The van der Waals surface area contributed by atoms with Crippen LogP contribution >= 0.6 is 0 Å². The average Bonchev–Trinajstić information content (AvgIpc) is 2.88. The summed E-state index contributed by atoms with van der Waals surface area (Å²) < 4.78 is 0. The van der Waals surface area contributed by atoms with Crippen molar-refractivity contribution < 1.29 is 4.79 Å². The third kappa shape index (κ3) is 3.61. The van der Waals surface area contributed by atoms with E-state index in [1.807, 2.05) is 0 Å². The van der Waals surface area contributed by atoms with Gasteiger partial charge in [-0.1, -0.05) is 0 Å². The maximum atomic E-state index is 12.0. The van der Waals surface area contributed by atoms with Crippen LogP contribution in [0.4, 0.5) is 11.4 Å². The van der Waals surface area contributed by atoms with E-state index in [4.69, 9.17) is 11.5 Å². The first-order chi connectivity index (χ1) is 9.06. The molecule has 0 bridgehead atoms. The number of anilines is 2. The van der Waals surface area contributed by atoms with Crippen molar-refractivity contribution in [1.82, 2.24) is 10.2 Å². The van der Waals surface area contributed by atoms with Crippen LogP contribution in [0.3, 0.4) is 0 Å². The van der Waals surface area contributed by atoms with E-state index in [0.29, 0.717) is 29.5 Å². The Morgan fingerprint density at radius 2 is 1.84 bits per heavy atom. The molecule has 1 aromatic rings. The molecule has 0 aromatic heterocycles.